The highest BCUT2D eigenvalue weighted by molar-refractivity contribution is 7.93. The molecule has 0 aromatic heterocycles. The lowest BCUT2D eigenvalue weighted by Crippen LogP contribution is -2.14. The van der Waals surface area contributed by atoms with Crippen molar-refractivity contribution < 1.29 is 8.42 Å². The first-order valence-corrected chi connectivity index (χ1v) is 6.27. The molecule has 0 amide bonds. The van der Waals surface area contributed by atoms with Crippen molar-refractivity contribution >= 4 is 27.3 Å². The number of anilines is 1. The number of alkyl halides is 1. The molecular formula is C9H12ClNO2S. The topological polar surface area (TPSA) is 46.2 Å². The van der Waals surface area contributed by atoms with E-state index in [-0.39, 0.29) is 0 Å². The van der Waals surface area contributed by atoms with Gasteiger partial charge in [-0.05, 0) is 31.0 Å². The van der Waals surface area contributed by atoms with Crippen LogP contribution in [0.4, 0.5) is 5.69 Å². The number of nitrogens with one attached hydrogen (secondary N) is 1. The third kappa shape index (κ3) is 2.89. The Morgan fingerprint density at radius 1 is 1.36 bits per heavy atom. The predicted molar refractivity (Wildman–Crippen MR) is 59.2 cm³/mol. The van der Waals surface area contributed by atoms with Gasteiger partial charge in [0.15, 0.2) is 0 Å². The van der Waals surface area contributed by atoms with E-state index in [1.807, 2.05) is 26.0 Å². The highest BCUT2D eigenvalue weighted by atomic mass is 35.5. The second-order valence-electron chi connectivity index (χ2n) is 3.14. The summed E-state index contributed by atoms with van der Waals surface area (Å²) in [6, 6.07) is 5.56. The van der Waals surface area contributed by atoms with Crippen LogP contribution in [-0.2, 0) is 10.0 Å². The van der Waals surface area contributed by atoms with Gasteiger partial charge in [0.05, 0.1) is 5.69 Å². The van der Waals surface area contributed by atoms with Crippen molar-refractivity contribution in [2.45, 2.75) is 13.8 Å². The molecule has 0 spiro atoms. The molecule has 0 saturated heterocycles. The molecule has 0 saturated carbocycles. The highest BCUT2D eigenvalue weighted by Crippen LogP contribution is 2.17. The number of sulfonamides is 1. The molecule has 1 aromatic carbocycles. The van der Waals surface area contributed by atoms with Crippen LogP contribution in [0.25, 0.3) is 0 Å². The first-order valence-electron chi connectivity index (χ1n) is 4.08. The monoisotopic (exact) mass is 233 g/mol. The van der Waals surface area contributed by atoms with Crippen LogP contribution in [0.1, 0.15) is 11.1 Å². The second-order valence-corrected chi connectivity index (χ2v) is 5.45. The maximum atomic E-state index is 11.2. The van der Waals surface area contributed by atoms with E-state index in [4.69, 9.17) is 11.6 Å². The largest absolute Gasteiger partial charge is 0.282 e. The van der Waals surface area contributed by atoms with Crippen molar-refractivity contribution in [1.29, 1.82) is 0 Å². The average molecular weight is 234 g/mol. The standard InChI is InChI=1S/C9H12ClNO2S/c1-7-3-4-8(2)9(5-7)11-14(12,13)6-10/h3-5,11H,6H2,1-2H3. The molecule has 0 fully saturated rings. The van der Waals surface area contributed by atoms with Gasteiger partial charge in [-0.25, -0.2) is 8.42 Å². The van der Waals surface area contributed by atoms with Gasteiger partial charge in [-0.1, -0.05) is 12.1 Å². The summed E-state index contributed by atoms with van der Waals surface area (Å²) in [5, 5.41) is -0.430. The van der Waals surface area contributed by atoms with Crippen molar-refractivity contribution in [3.8, 4) is 0 Å². The molecule has 0 radical (unpaired) electrons. The highest BCUT2D eigenvalue weighted by Gasteiger charge is 2.09. The van der Waals surface area contributed by atoms with Crippen LogP contribution in [0.3, 0.4) is 0 Å². The van der Waals surface area contributed by atoms with Crippen LogP contribution in [0.15, 0.2) is 18.2 Å². The van der Waals surface area contributed by atoms with Crippen LogP contribution < -0.4 is 4.72 Å². The Labute approximate surface area is 89.1 Å². The molecule has 5 heteroatoms. The van der Waals surface area contributed by atoms with Gasteiger partial charge in [-0.3, -0.25) is 4.72 Å². The number of benzene rings is 1. The smallest absolute Gasteiger partial charge is 0.246 e. The lowest BCUT2D eigenvalue weighted by Gasteiger charge is -2.08. The zero-order valence-electron chi connectivity index (χ0n) is 8.04. The molecule has 3 nitrogen and oxygen atoms in total. The molecule has 14 heavy (non-hydrogen) atoms. The SMILES string of the molecule is Cc1ccc(C)c(NS(=O)(=O)CCl)c1. The molecule has 0 aliphatic carbocycles. The molecule has 1 rings (SSSR count). The van der Waals surface area contributed by atoms with Gasteiger partial charge in [-0.15, -0.1) is 11.6 Å². The van der Waals surface area contributed by atoms with Crippen molar-refractivity contribution in [2.24, 2.45) is 0 Å². The van der Waals surface area contributed by atoms with Crippen LogP contribution in [0.2, 0.25) is 0 Å². The van der Waals surface area contributed by atoms with E-state index >= 15 is 0 Å². The second kappa shape index (κ2) is 4.19. The molecule has 0 aliphatic rings. The van der Waals surface area contributed by atoms with Crippen LogP contribution in [-0.4, -0.2) is 13.6 Å². The van der Waals surface area contributed by atoms with E-state index in [0.29, 0.717) is 5.69 Å². The number of aryl methyl sites for hydroxylation is 2. The molecule has 0 bridgehead atoms. The third-order valence-corrected chi connectivity index (χ3v) is 3.48. The Bertz CT molecular complexity index is 428. The molecule has 0 heterocycles. The van der Waals surface area contributed by atoms with Gasteiger partial charge in [-0.2, -0.15) is 0 Å². The Kier molecular flexibility index (Phi) is 3.39. The number of hydrogen-bond acceptors (Lipinski definition) is 2. The number of halogens is 1. The van der Waals surface area contributed by atoms with Gasteiger partial charge in [0, 0.05) is 0 Å². The van der Waals surface area contributed by atoms with Gasteiger partial charge in [0.25, 0.3) is 0 Å². The third-order valence-electron chi connectivity index (χ3n) is 1.80. The average Bonchev–Trinajstić information content (AvgIpc) is 2.11. The van der Waals surface area contributed by atoms with Crippen LogP contribution in [0, 0.1) is 13.8 Å². The predicted octanol–water partition coefficient (Wildman–Crippen LogP) is 2.24. The lowest BCUT2D eigenvalue weighted by atomic mass is 10.1. The van der Waals surface area contributed by atoms with Crippen molar-refractivity contribution in [3.63, 3.8) is 0 Å². The summed E-state index contributed by atoms with van der Waals surface area (Å²) in [5.74, 6) is 0. The molecule has 1 aromatic rings. The van der Waals surface area contributed by atoms with E-state index in [1.165, 1.54) is 0 Å². The summed E-state index contributed by atoms with van der Waals surface area (Å²) in [4.78, 5) is 0. The van der Waals surface area contributed by atoms with Crippen molar-refractivity contribution in [2.75, 3.05) is 9.93 Å². The van der Waals surface area contributed by atoms with Gasteiger partial charge in [0.2, 0.25) is 10.0 Å². The van der Waals surface area contributed by atoms with E-state index in [0.717, 1.165) is 11.1 Å². The Balaban J connectivity index is 3.03. The zero-order valence-corrected chi connectivity index (χ0v) is 9.61. The minimum atomic E-state index is -3.40. The Morgan fingerprint density at radius 2 is 2.00 bits per heavy atom. The summed E-state index contributed by atoms with van der Waals surface area (Å²) in [5.41, 5.74) is 2.47. The van der Waals surface area contributed by atoms with Crippen molar-refractivity contribution in [1.82, 2.24) is 0 Å². The molecule has 0 unspecified atom stereocenters. The van der Waals surface area contributed by atoms with E-state index in [2.05, 4.69) is 4.72 Å². The fraction of sp³-hybridized carbons (Fsp3) is 0.333. The lowest BCUT2D eigenvalue weighted by molar-refractivity contribution is 0.605. The first kappa shape index (κ1) is 11.3. The van der Waals surface area contributed by atoms with Gasteiger partial charge in [0.1, 0.15) is 5.21 Å². The molecule has 1 N–H and O–H groups in total. The number of hydrogen-bond donors (Lipinski definition) is 1. The van der Waals surface area contributed by atoms with Gasteiger partial charge >= 0.3 is 0 Å². The normalized spacial score (nSPS) is 11.4. The molecule has 0 aliphatic heterocycles. The Morgan fingerprint density at radius 3 is 2.57 bits per heavy atom. The molecule has 78 valence electrons. The van der Waals surface area contributed by atoms with Crippen LogP contribution in [0.5, 0.6) is 0 Å². The van der Waals surface area contributed by atoms with Crippen molar-refractivity contribution in [3.05, 3.63) is 29.3 Å². The first-order chi connectivity index (χ1) is 6.44. The fourth-order valence-corrected chi connectivity index (χ4v) is 1.81. The summed E-state index contributed by atoms with van der Waals surface area (Å²) in [6.45, 7) is 3.74. The van der Waals surface area contributed by atoms with Crippen LogP contribution >= 0.6 is 11.6 Å². The fourth-order valence-electron chi connectivity index (χ4n) is 1.04. The summed E-state index contributed by atoms with van der Waals surface area (Å²) in [7, 11) is -3.40. The minimum absolute atomic E-state index is 0.430. The van der Waals surface area contributed by atoms with Gasteiger partial charge < -0.3 is 0 Å². The summed E-state index contributed by atoms with van der Waals surface area (Å²) >= 11 is 5.28. The van der Waals surface area contributed by atoms with E-state index < -0.39 is 15.2 Å². The molecule has 0 atom stereocenters. The maximum absolute atomic E-state index is 11.2. The Hall–Kier alpha value is -0.740. The summed E-state index contributed by atoms with van der Waals surface area (Å²) in [6.07, 6.45) is 0. The van der Waals surface area contributed by atoms with E-state index in [1.54, 1.807) is 6.07 Å². The van der Waals surface area contributed by atoms with E-state index in [9.17, 15) is 8.42 Å². The zero-order chi connectivity index (χ0) is 10.8. The molecular weight excluding hydrogens is 222 g/mol. The quantitative estimate of drug-likeness (QED) is 0.814. The minimum Gasteiger partial charge on any atom is -0.282 e. The summed E-state index contributed by atoms with van der Waals surface area (Å²) < 4.78 is 24.8. The number of rotatable bonds is 3. The maximum Gasteiger partial charge on any atom is 0.246 e.